The lowest BCUT2D eigenvalue weighted by molar-refractivity contribution is -0.0676. The molecular formula is C12H25NOS2. The van der Waals surface area contributed by atoms with Crippen LogP contribution in [-0.2, 0) is 4.74 Å². The fraction of sp³-hybridized carbons (Fsp3) is 1.00. The maximum Gasteiger partial charge on any atom is 0.0999 e. The van der Waals surface area contributed by atoms with E-state index in [0.717, 1.165) is 6.73 Å². The van der Waals surface area contributed by atoms with Crippen molar-refractivity contribution < 1.29 is 4.74 Å². The minimum absolute atomic E-state index is 0.0307. The SMILES string of the molecule is CC(CC1CCCN1COC(C)(C)C)SS. The van der Waals surface area contributed by atoms with E-state index in [9.17, 15) is 0 Å². The van der Waals surface area contributed by atoms with E-state index < -0.39 is 0 Å². The Labute approximate surface area is 109 Å². The Morgan fingerprint density at radius 2 is 2.19 bits per heavy atom. The van der Waals surface area contributed by atoms with Gasteiger partial charge in [-0.2, -0.15) is 0 Å². The third-order valence-corrected chi connectivity index (χ3v) is 4.58. The zero-order valence-corrected chi connectivity index (χ0v) is 12.6. The monoisotopic (exact) mass is 263 g/mol. The van der Waals surface area contributed by atoms with Crippen LogP contribution in [0.2, 0.25) is 0 Å². The molecule has 2 atom stereocenters. The highest BCUT2D eigenvalue weighted by Crippen LogP contribution is 2.27. The second-order valence-electron chi connectivity index (χ2n) is 5.65. The lowest BCUT2D eigenvalue weighted by atomic mass is 10.1. The maximum atomic E-state index is 5.86. The van der Waals surface area contributed by atoms with E-state index in [4.69, 9.17) is 4.74 Å². The molecule has 1 aliphatic heterocycles. The van der Waals surface area contributed by atoms with Crippen LogP contribution in [0.25, 0.3) is 0 Å². The van der Waals surface area contributed by atoms with Crippen molar-refractivity contribution in [3.05, 3.63) is 0 Å². The molecule has 2 nitrogen and oxygen atoms in total. The zero-order valence-electron chi connectivity index (χ0n) is 10.9. The van der Waals surface area contributed by atoms with Gasteiger partial charge in [0.05, 0.1) is 12.3 Å². The predicted molar refractivity (Wildman–Crippen MR) is 76.1 cm³/mol. The van der Waals surface area contributed by atoms with Gasteiger partial charge in [-0.15, -0.1) is 11.7 Å². The van der Waals surface area contributed by atoms with E-state index in [1.54, 1.807) is 10.8 Å². The highest BCUT2D eigenvalue weighted by atomic mass is 33.1. The molecule has 16 heavy (non-hydrogen) atoms. The first-order valence-electron chi connectivity index (χ1n) is 6.10. The van der Waals surface area contributed by atoms with E-state index in [0.29, 0.717) is 11.3 Å². The third kappa shape index (κ3) is 5.30. The van der Waals surface area contributed by atoms with Gasteiger partial charge in [0.2, 0.25) is 0 Å². The largest absolute Gasteiger partial charge is 0.360 e. The lowest BCUT2D eigenvalue weighted by Crippen LogP contribution is -2.36. The summed E-state index contributed by atoms with van der Waals surface area (Å²) in [6, 6.07) is 0.692. The molecule has 0 N–H and O–H groups in total. The topological polar surface area (TPSA) is 12.5 Å². The summed E-state index contributed by atoms with van der Waals surface area (Å²) < 4.78 is 5.86. The van der Waals surface area contributed by atoms with Crippen LogP contribution in [0.3, 0.4) is 0 Å². The molecule has 1 saturated heterocycles. The summed E-state index contributed by atoms with van der Waals surface area (Å²) >= 11 is 4.28. The minimum atomic E-state index is -0.0307. The fourth-order valence-electron chi connectivity index (χ4n) is 2.03. The Morgan fingerprint density at radius 3 is 2.75 bits per heavy atom. The van der Waals surface area contributed by atoms with Gasteiger partial charge in [0.1, 0.15) is 0 Å². The van der Waals surface area contributed by atoms with Crippen LogP contribution in [0.1, 0.15) is 47.0 Å². The van der Waals surface area contributed by atoms with Crippen molar-refractivity contribution in [1.82, 2.24) is 4.90 Å². The summed E-state index contributed by atoms with van der Waals surface area (Å²) in [6.45, 7) is 10.6. The summed E-state index contributed by atoms with van der Waals surface area (Å²) in [7, 11) is 1.66. The molecule has 0 aliphatic carbocycles. The Morgan fingerprint density at radius 1 is 1.50 bits per heavy atom. The summed E-state index contributed by atoms with van der Waals surface area (Å²) in [5, 5.41) is 0.628. The molecule has 0 bridgehead atoms. The van der Waals surface area contributed by atoms with Gasteiger partial charge in [-0.05, 0) is 40.0 Å². The van der Waals surface area contributed by atoms with Crippen molar-refractivity contribution in [2.45, 2.75) is 63.9 Å². The first-order chi connectivity index (χ1) is 7.42. The van der Waals surface area contributed by atoms with Crippen molar-refractivity contribution in [2.24, 2.45) is 0 Å². The Bertz CT molecular complexity index is 206. The van der Waals surface area contributed by atoms with Crippen molar-refractivity contribution in [2.75, 3.05) is 13.3 Å². The summed E-state index contributed by atoms with van der Waals surface area (Å²) in [5.41, 5.74) is -0.0307. The van der Waals surface area contributed by atoms with E-state index in [1.165, 1.54) is 25.8 Å². The Kier molecular flexibility index (Phi) is 5.99. The van der Waals surface area contributed by atoms with Crippen molar-refractivity contribution in [3.8, 4) is 0 Å². The second-order valence-corrected chi connectivity index (χ2v) is 7.29. The molecule has 0 aromatic heterocycles. The number of ether oxygens (including phenoxy) is 1. The normalized spacial score (nSPS) is 24.9. The molecule has 1 aliphatic rings. The quantitative estimate of drug-likeness (QED) is 0.602. The van der Waals surface area contributed by atoms with Crippen LogP contribution in [0.5, 0.6) is 0 Å². The number of likely N-dealkylation sites (tertiary alicyclic amines) is 1. The van der Waals surface area contributed by atoms with Crippen LogP contribution in [0.15, 0.2) is 0 Å². The Hall–Kier alpha value is 0.620. The van der Waals surface area contributed by atoms with Gasteiger partial charge < -0.3 is 4.74 Å². The van der Waals surface area contributed by atoms with Gasteiger partial charge in [0.25, 0.3) is 0 Å². The van der Waals surface area contributed by atoms with Gasteiger partial charge in [0.15, 0.2) is 0 Å². The molecule has 4 heteroatoms. The zero-order chi connectivity index (χ0) is 12.2. The third-order valence-electron chi connectivity index (χ3n) is 2.95. The molecule has 0 saturated carbocycles. The van der Waals surface area contributed by atoms with Gasteiger partial charge in [-0.1, -0.05) is 17.7 Å². The van der Waals surface area contributed by atoms with Crippen LogP contribution in [0.4, 0.5) is 0 Å². The highest BCUT2D eigenvalue weighted by Gasteiger charge is 2.27. The minimum Gasteiger partial charge on any atom is -0.360 e. The maximum absolute atomic E-state index is 5.86. The molecule has 0 radical (unpaired) electrons. The summed E-state index contributed by atoms with van der Waals surface area (Å²) in [5.74, 6) is 0. The van der Waals surface area contributed by atoms with Gasteiger partial charge in [0, 0.05) is 17.8 Å². The predicted octanol–water partition coefficient (Wildman–Crippen LogP) is 3.58. The molecule has 0 spiro atoms. The number of hydrogen-bond acceptors (Lipinski definition) is 4. The van der Waals surface area contributed by atoms with Crippen molar-refractivity contribution in [1.29, 1.82) is 0 Å². The molecule has 1 rings (SSSR count). The number of rotatable bonds is 5. The summed E-state index contributed by atoms with van der Waals surface area (Å²) in [6.07, 6.45) is 3.84. The summed E-state index contributed by atoms with van der Waals surface area (Å²) in [4.78, 5) is 2.48. The smallest absolute Gasteiger partial charge is 0.0999 e. The molecule has 0 aromatic rings. The second kappa shape index (κ2) is 6.53. The first kappa shape index (κ1) is 14.7. The van der Waals surface area contributed by atoms with Crippen LogP contribution >= 0.6 is 22.5 Å². The van der Waals surface area contributed by atoms with Gasteiger partial charge in [-0.25, -0.2) is 0 Å². The number of thiol groups is 1. The highest BCUT2D eigenvalue weighted by molar-refractivity contribution is 8.68. The lowest BCUT2D eigenvalue weighted by Gasteiger charge is -2.29. The first-order valence-corrected chi connectivity index (χ1v) is 8.04. The molecular weight excluding hydrogens is 238 g/mol. The molecule has 0 amide bonds. The standard InChI is InChI=1S/C12H25NOS2/c1-10(16-15)8-11-6-5-7-13(11)9-14-12(2,3)4/h10-11,15H,5-9H2,1-4H3. The van der Waals surface area contributed by atoms with Crippen LogP contribution < -0.4 is 0 Å². The van der Waals surface area contributed by atoms with E-state index in [-0.39, 0.29) is 5.60 Å². The van der Waals surface area contributed by atoms with E-state index in [2.05, 4.69) is 44.3 Å². The fourth-order valence-corrected chi connectivity index (χ4v) is 2.60. The average Bonchev–Trinajstić information content (AvgIpc) is 2.61. The number of nitrogens with zero attached hydrogens (tertiary/aromatic N) is 1. The molecule has 0 aromatic carbocycles. The molecule has 2 unspecified atom stereocenters. The Balaban J connectivity index is 2.34. The number of hydrogen-bond donors (Lipinski definition) is 1. The average molecular weight is 263 g/mol. The molecule has 1 fully saturated rings. The van der Waals surface area contributed by atoms with Gasteiger partial charge in [-0.3, -0.25) is 4.90 Å². The van der Waals surface area contributed by atoms with Crippen molar-refractivity contribution >= 4 is 22.5 Å². The van der Waals surface area contributed by atoms with Crippen molar-refractivity contribution in [3.63, 3.8) is 0 Å². The van der Waals surface area contributed by atoms with Crippen LogP contribution in [0, 0.1) is 0 Å². The van der Waals surface area contributed by atoms with E-state index in [1.807, 2.05) is 0 Å². The van der Waals surface area contributed by atoms with E-state index >= 15 is 0 Å². The molecule has 1 heterocycles. The molecule has 96 valence electrons. The van der Waals surface area contributed by atoms with Crippen LogP contribution in [-0.4, -0.2) is 35.1 Å². The van der Waals surface area contributed by atoms with Gasteiger partial charge >= 0.3 is 0 Å².